The lowest BCUT2D eigenvalue weighted by Crippen LogP contribution is -2.24. The quantitative estimate of drug-likeness (QED) is 0.820. The minimum absolute atomic E-state index is 0.00203. The van der Waals surface area contributed by atoms with E-state index in [1.165, 1.54) is 0 Å². The minimum atomic E-state index is -1.60. The van der Waals surface area contributed by atoms with E-state index in [0.717, 1.165) is 0 Å². The number of carbonyl (C=O) groups is 2. The van der Waals surface area contributed by atoms with Crippen LogP contribution in [-0.2, 0) is 4.74 Å². The van der Waals surface area contributed by atoms with Crippen molar-refractivity contribution in [2.45, 2.75) is 33.3 Å². The number of ether oxygens (including phenoxy) is 1. The Kier molecular flexibility index (Phi) is 3.14. The Labute approximate surface area is 112 Å². The number of hydrogen-bond acceptors (Lipinski definition) is 3. The predicted octanol–water partition coefficient (Wildman–Crippen LogP) is 2.98. The Morgan fingerprint density at radius 1 is 1.33 bits per heavy atom. The van der Waals surface area contributed by atoms with Crippen LogP contribution in [-0.4, -0.2) is 23.1 Å². The molecule has 1 N–H and O–H groups in total. The van der Waals surface area contributed by atoms with Gasteiger partial charge in [0.15, 0.2) is 0 Å². The summed E-state index contributed by atoms with van der Waals surface area (Å²) in [5.74, 6) is -2.65. The second-order valence-corrected chi connectivity index (χ2v) is 4.15. The van der Waals surface area contributed by atoms with E-state index < -0.39 is 53.3 Å². The second-order valence-electron chi connectivity index (χ2n) is 4.15. The molecule has 98 valence electrons. The molecule has 1 unspecified atom stereocenters. The molecule has 0 saturated carbocycles. The number of carbonyl (C=O) groups excluding carboxylic acids is 1. The van der Waals surface area contributed by atoms with Gasteiger partial charge in [0.25, 0.3) is 0 Å². The summed E-state index contributed by atoms with van der Waals surface area (Å²) in [6, 6.07) is -2.84. The van der Waals surface area contributed by atoms with Crippen LogP contribution in [0.25, 0.3) is 0 Å². The van der Waals surface area contributed by atoms with Gasteiger partial charge in [-0.25, -0.2) is 9.59 Å². The summed E-state index contributed by atoms with van der Waals surface area (Å²) in [5.41, 5.74) is -1.41. The number of aromatic carboxylic acids is 1. The Morgan fingerprint density at radius 2 is 1.89 bits per heavy atom. The zero-order valence-electron chi connectivity index (χ0n) is 14.5. The van der Waals surface area contributed by atoms with Gasteiger partial charge >= 0.3 is 11.9 Å². The number of carboxylic acids is 1. The smallest absolute Gasteiger partial charge is 0.339 e. The number of esters is 1. The lowest BCUT2D eigenvalue weighted by Gasteiger charge is -2.20. The van der Waals surface area contributed by atoms with Crippen molar-refractivity contribution in [1.29, 1.82) is 0 Å². The predicted molar refractivity (Wildman–Crippen MR) is 67.7 cm³/mol. The monoisotopic (exact) mass is 254 g/mol. The van der Waals surface area contributed by atoms with Crippen molar-refractivity contribution in [3.05, 3.63) is 35.3 Å². The third-order valence-corrected chi connectivity index (χ3v) is 2.51. The van der Waals surface area contributed by atoms with Crippen molar-refractivity contribution in [1.82, 2.24) is 0 Å². The minimum Gasteiger partial charge on any atom is -0.478 e. The van der Waals surface area contributed by atoms with E-state index in [1.54, 1.807) is 6.92 Å². The van der Waals surface area contributed by atoms with Gasteiger partial charge in [0.05, 0.1) is 16.6 Å². The number of carboxylic acid groups (broad SMARTS) is 1. The van der Waals surface area contributed by atoms with Crippen molar-refractivity contribution in [2.75, 3.05) is 0 Å². The third kappa shape index (κ3) is 3.32. The van der Waals surface area contributed by atoms with Gasteiger partial charge in [-0.05, 0) is 24.4 Å². The summed E-state index contributed by atoms with van der Waals surface area (Å²) < 4.78 is 35.7. The second kappa shape index (κ2) is 6.19. The fourth-order valence-corrected chi connectivity index (χ4v) is 1.51. The van der Waals surface area contributed by atoms with E-state index >= 15 is 0 Å². The van der Waals surface area contributed by atoms with Crippen molar-refractivity contribution in [2.24, 2.45) is 5.92 Å². The summed E-state index contributed by atoms with van der Waals surface area (Å²) in [6.07, 6.45) is 0.0459. The van der Waals surface area contributed by atoms with Crippen molar-refractivity contribution < 1.29 is 24.9 Å². The van der Waals surface area contributed by atoms with Crippen LogP contribution in [0.2, 0.25) is 0 Å². The van der Waals surface area contributed by atoms with E-state index in [4.69, 9.17) is 10.2 Å². The number of benzene rings is 1. The zero-order valence-corrected chi connectivity index (χ0v) is 10.5. The first-order valence-electron chi connectivity index (χ1n) is 7.68. The summed E-state index contributed by atoms with van der Waals surface area (Å²) in [4.78, 5) is 23.5. The molecule has 1 atom stereocenters. The van der Waals surface area contributed by atoms with E-state index in [-0.39, 0.29) is 5.92 Å². The maximum atomic E-state index is 12.2. The first-order chi connectivity index (χ1) is 10.1. The van der Waals surface area contributed by atoms with Gasteiger partial charge in [-0.15, -0.1) is 0 Å². The van der Waals surface area contributed by atoms with Gasteiger partial charge in [-0.2, -0.15) is 0 Å². The number of rotatable bonds is 5. The van der Waals surface area contributed by atoms with Crippen LogP contribution in [0.1, 0.15) is 53.4 Å². The first-order valence-corrected chi connectivity index (χ1v) is 5.68. The molecule has 0 aliphatic carbocycles. The van der Waals surface area contributed by atoms with E-state index in [1.807, 2.05) is 13.8 Å². The maximum absolute atomic E-state index is 12.2. The summed E-state index contributed by atoms with van der Waals surface area (Å²) in [5, 5.41) is 9.18. The largest absolute Gasteiger partial charge is 0.478 e. The molecule has 4 heteroatoms. The topological polar surface area (TPSA) is 63.6 Å². The highest BCUT2D eigenvalue weighted by atomic mass is 16.5. The van der Waals surface area contributed by atoms with Crippen LogP contribution in [0, 0.1) is 5.92 Å². The van der Waals surface area contributed by atoms with Crippen molar-refractivity contribution in [3.8, 4) is 0 Å². The fourth-order valence-electron chi connectivity index (χ4n) is 1.51. The molecule has 18 heavy (non-hydrogen) atoms. The van der Waals surface area contributed by atoms with Crippen molar-refractivity contribution in [3.63, 3.8) is 0 Å². The average molecular weight is 254 g/mol. The maximum Gasteiger partial charge on any atom is 0.339 e. The third-order valence-electron chi connectivity index (χ3n) is 2.51. The van der Waals surface area contributed by atoms with Gasteiger partial charge in [0.2, 0.25) is 0 Å². The van der Waals surface area contributed by atoms with E-state index in [2.05, 4.69) is 0 Å². The van der Waals surface area contributed by atoms with E-state index in [9.17, 15) is 14.7 Å². The zero-order chi connectivity index (χ0) is 17.2. The van der Waals surface area contributed by atoms with Crippen molar-refractivity contribution >= 4 is 11.9 Å². The summed E-state index contributed by atoms with van der Waals surface area (Å²) >= 11 is 0. The van der Waals surface area contributed by atoms with Gasteiger partial charge in [-0.1, -0.05) is 32.9 Å². The molecule has 0 heterocycles. The Morgan fingerprint density at radius 3 is 2.33 bits per heavy atom. The van der Waals surface area contributed by atoms with Crippen LogP contribution in [0.3, 0.4) is 0 Å². The Hall–Kier alpha value is -1.84. The molecule has 0 aromatic heterocycles. The molecule has 0 aliphatic heterocycles. The lowest BCUT2D eigenvalue weighted by atomic mass is 10.0. The van der Waals surface area contributed by atoms with Gasteiger partial charge in [0.1, 0.15) is 6.10 Å². The Balaban J connectivity index is 3.46. The molecule has 4 nitrogen and oxygen atoms in total. The normalized spacial score (nSPS) is 15.3. The summed E-state index contributed by atoms with van der Waals surface area (Å²) in [6.45, 7) is 5.47. The molecule has 1 aromatic rings. The van der Waals surface area contributed by atoms with Crippen LogP contribution >= 0.6 is 0 Å². The first kappa shape index (κ1) is 9.14. The molecule has 1 aromatic carbocycles. The molecule has 1 rings (SSSR count). The molecular weight excluding hydrogens is 232 g/mol. The van der Waals surface area contributed by atoms with E-state index in [0.29, 0.717) is 6.42 Å². The molecule has 0 amide bonds. The van der Waals surface area contributed by atoms with Gasteiger partial charge < -0.3 is 9.84 Å². The van der Waals surface area contributed by atoms with Gasteiger partial charge in [0, 0.05) is 0 Å². The highest BCUT2D eigenvalue weighted by Gasteiger charge is 2.21. The lowest BCUT2D eigenvalue weighted by molar-refractivity contribution is 0.0169. The van der Waals surface area contributed by atoms with Crippen LogP contribution in [0.15, 0.2) is 24.2 Å². The molecule has 0 aliphatic rings. The highest BCUT2D eigenvalue weighted by molar-refractivity contribution is 6.02. The van der Waals surface area contributed by atoms with Crippen LogP contribution in [0.4, 0.5) is 0 Å². The highest BCUT2D eigenvalue weighted by Crippen LogP contribution is 2.16. The van der Waals surface area contributed by atoms with Crippen LogP contribution < -0.4 is 0 Å². The number of hydrogen-bond donors (Lipinski definition) is 1. The average Bonchev–Trinajstić information content (AvgIpc) is 2.44. The summed E-state index contributed by atoms with van der Waals surface area (Å²) in [7, 11) is 0. The Bertz CT molecular complexity index is 614. The molecule has 0 spiro atoms. The fraction of sp³-hybridized carbons (Fsp3) is 0.429. The van der Waals surface area contributed by atoms with Gasteiger partial charge in [-0.3, -0.25) is 0 Å². The standard InChI is InChI=1S/C14H18O4/c1-4-12(9(2)3)18-14(17)11-8-6-5-7-10(11)13(15)16/h5-9,12H,4H2,1-3H3,(H,15,16)/i5D,6D,7D,8D. The molecule has 0 bridgehead atoms. The molecule has 0 saturated heterocycles. The molecule has 0 fully saturated rings. The SMILES string of the molecule is [2H]c1c([2H])c([2H])c(C(=O)OC(CC)C(C)C)c(C(=O)O)c1[2H]. The molecule has 0 radical (unpaired) electrons. The molecular formula is C14H18O4. The van der Waals surface area contributed by atoms with Crippen LogP contribution in [0.5, 0.6) is 0 Å².